The minimum atomic E-state index is -2.91. The third-order valence-electron chi connectivity index (χ3n) is 7.48. The van der Waals surface area contributed by atoms with Crippen molar-refractivity contribution < 1.29 is 17.7 Å². The van der Waals surface area contributed by atoms with E-state index in [-0.39, 0.29) is 28.8 Å². The van der Waals surface area contributed by atoms with Gasteiger partial charge in [-0.3, -0.25) is 14.3 Å². The Morgan fingerprint density at radius 1 is 1.06 bits per heavy atom. The summed E-state index contributed by atoms with van der Waals surface area (Å²) in [6, 6.07) is 1.29. The zero-order valence-electron chi connectivity index (χ0n) is 21.9. The lowest BCUT2D eigenvalue weighted by atomic mass is 9.83. The Morgan fingerprint density at radius 3 is 2.09 bits per heavy atom. The van der Waals surface area contributed by atoms with Gasteiger partial charge in [0.1, 0.15) is 11.5 Å². The maximum Gasteiger partial charge on any atom is 0.335 e. The number of hydrogen-bond acceptors (Lipinski definition) is 6. The van der Waals surface area contributed by atoms with Gasteiger partial charge in [-0.1, -0.05) is 61.3 Å². The van der Waals surface area contributed by atoms with Crippen LogP contribution in [-0.2, 0) is 17.7 Å². The van der Waals surface area contributed by atoms with Gasteiger partial charge < -0.3 is 17.7 Å². The van der Waals surface area contributed by atoms with Crippen LogP contribution in [0, 0.1) is 17.8 Å². The van der Waals surface area contributed by atoms with E-state index in [9.17, 15) is 9.59 Å². The first-order chi connectivity index (χ1) is 15.7. The van der Waals surface area contributed by atoms with Crippen molar-refractivity contribution in [3.05, 3.63) is 33.1 Å². The molecule has 34 heavy (non-hydrogen) atoms. The van der Waals surface area contributed by atoms with E-state index in [4.69, 9.17) is 24.1 Å². The number of rotatable bonds is 5. The molecule has 2 saturated heterocycles. The molecule has 1 aromatic heterocycles. The van der Waals surface area contributed by atoms with E-state index in [1.54, 1.807) is 0 Å². The van der Waals surface area contributed by atoms with E-state index in [1.165, 1.54) is 16.8 Å². The van der Waals surface area contributed by atoms with Crippen molar-refractivity contribution in [3.63, 3.8) is 0 Å². The normalized spacial score (nSPS) is 30.9. The van der Waals surface area contributed by atoms with Gasteiger partial charge in [-0.2, -0.15) is 0 Å². The van der Waals surface area contributed by atoms with E-state index >= 15 is 0 Å². The zero-order chi connectivity index (χ0) is 25.6. The predicted octanol–water partition coefficient (Wildman–Crippen LogP) is 4.03. The second kappa shape index (κ2) is 9.52. The van der Waals surface area contributed by atoms with Gasteiger partial charge in [0.2, 0.25) is 0 Å². The van der Waals surface area contributed by atoms with Gasteiger partial charge in [0.25, 0.3) is 5.56 Å². The van der Waals surface area contributed by atoms with Gasteiger partial charge in [-0.05, 0) is 29.1 Å². The Bertz CT molecular complexity index is 1030. The maximum absolute atomic E-state index is 12.7. The molecule has 4 unspecified atom stereocenters. The van der Waals surface area contributed by atoms with Crippen molar-refractivity contribution in [2.75, 3.05) is 6.61 Å². The molecule has 4 atom stereocenters. The second-order valence-electron chi connectivity index (χ2n) is 11.0. The summed E-state index contributed by atoms with van der Waals surface area (Å²) >= 11 is 0. The zero-order valence-corrected chi connectivity index (χ0v) is 23.9. The molecule has 0 bridgehead atoms. The molecule has 2 fully saturated rings. The third kappa shape index (κ3) is 4.20. The summed E-state index contributed by atoms with van der Waals surface area (Å²) in [5.74, 6) is 2.88. The largest absolute Gasteiger partial charge is 0.414 e. The van der Waals surface area contributed by atoms with E-state index < -0.39 is 52.2 Å². The molecule has 1 N–H and O–H groups in total. The molecule has 0 aromatic carbocycles. The number of nitrogens with one attached hydrogen (secondary N) is 1. The predicted molar refractivity (Wildman–Crippen MR) is 136 cm³/mol. The maximum atomic E-state index is 12.7. The van der Waals surface area contributed by atoms with Crippen molar-refractivity contribution in [1.29, 1.82) is 0 Å². The number of H-pyrrole nitrogens is 1. The van der Waals surface area contributed by atoms with Gasteiger partial charge in [0.15, 0.2) is 6.23 Å². The molecule has 0 saturated carbocycles. The Balaban J connectivity index is 2.19. The molecule has 3 rings (SSSR count). The molecule has 2 aliphatic heterocycles. The van der Waals surface area contributed by atoms with E-state index in [0.29, 0.717) is 0 Å². The van der Waals surface area contributed by atoms with Crippen LogP contribution in [0.15, 0.2) is 21.9 Å². The summed E-state index contributed by atoms with van der Waals surface area (Å²) in [6.07, 6.45) is 5.69. The molecule has 3 heterocycles. The lowest BCUT2D eigenvalue weighted by Gasteiger charge is -2.52. The lowest BCUT2D eigenvalue weighted by Crippen LogP contribution is -2.66. The van der Waals surface area contributed by atoms with Crippen LogP contribution in [0.3, 0.4) is 0 Å². The van der Waals surface area contributed by atoms with Crippen molar-refractivity contribution in [3.8, 4) is 12.3 Å². The molecule has 8 nitrogen and oxygen atoms in total. The standard InChI is InChI=1S/C24H40N2O6Si2/c1-11-24(10)21-19(30-22(24)26-13-12-20(27)25-23(26)28)14-29-33(15(2)3,16(4)5)32-34(31-21,17(6)7)18(8)9/h1,12-13,15-19,21-22H,14H2,2-10H3,(H,25,27,28). The molecular weight excluding hydrogens is 468 g/mol. The van der Waals surface area contributed by atoms with E-state index in [0.717, 1.165) is 0 Å². The van der Waals surface area contributed by atoms with Gasteiger partial charge in [0, 0.05) is 12.3 Å². The molecule has 0 spiro atoms. The Hall–Kier alpha value is -1.49. The molecule has 1 aromatic rings. The Morgan fingerprint density at radius 2 is 1.62 bits per heavy atom. The minimum Gasteiger partial charge on any atom is -0.414 e. The average Bonchev–Trinajstić information content (AvgIpc) is 2.98. The van der Waals surface area contributed by atoms with Crippen molar-refractivity contribution in [1.82, 2.24) is 9.55 Å². The number of aromatic nitrogens is 2. The van der Waals surface area contributed by atoms with E-state index in [1.807, 2.05) is 6.92 Å². The highest BCUT2D eigenvalue weighted by atomic mass is 28.5. The van der Waals surface area contributed by atoms with Gasteiger partial charge >= 0.3 is 22.8 Å². The number of hydrogen-bond donors (Lipinski definition) is 1. The molecule has 0 amide bonds. The van der Waals surface area contributed by atoms with Crippen LogP contribution in [-0.4, -0.2) is 45.5 Å². The molecule has 190 valence electrons. The number of aromatic amines is 1. The summed E-state index contributed by atoms with van der Waals surface area (Å²) in [7, 11) is -5.64. The Labute approximate surface area is 204 Å². The van der Waals surface area contributed by atoms with Gasteiger partial charge in [-0.25, -0.2) is 4.79 Å². The smallest absolute Gasteiger partial charge is 0.335 e. The third-order valence-corrected chi connectivity index (χ3v) is 17.7. The highest BCUT2D eigenvalue weighted by Gasteiger charge is 2.64. The fourth-order valence-electron chi connectivity index (χ4n) is 5.47. The van der Waals surface area contributed by atoms with Crippen LogP contribution >= 0.6 is 0 Å². The summed E-state index contributed by atoms with van der Waals surface area (Å²) in [4.78, 5) is 26.6. The van der Waals surface area contributed by atoms with E-state index in [2.05, 4.69) is 66.3 Å². The summed E-state index contributed by atoms with van der Waals surface area (Å²) in [5, 5.41) is 0. The van der Waals surface area contributed by atoms with Crippen LogP contribution in [0.25, 0.3) is 0 Å². The van der Waals surface area contributed by atoms with Crippen molar-refractivity contribution in [2.24, 2.45) is 5.41 Å². The summed E-state index contributed by atoms with van der Waals surface area (Å²) in [6.45, 7) is 19.4. The van der Waals surface area contributed by atoms with Gasteiger partial charge in [0.05, 0.1) is 12.7 Å². The monoisotopic (exact) mass is 508 g/mol. The summed E-state index contributed by atoms with van der Waals surface area (Å²) < 4.78 is 28.9. The topological polar surface area (TPSA) is 91.8 Å². The molecular formula is C24H40N2O6Si2. The first kappa shape index (κ1) is 27.1. The van der Waals surface area contributed by atoms with Gasteiger partial charge in [-0.15, -0.1) is 6.42 Å². The SMILES string of the molecule is C#CC1(C)C2O[Si](C(C)C)(C(C)C)O[Si](C(C)C)(C(C)C)OCC2OC1n1ccc(=O)[nH]c1=O. The number of terminal acetylenes is 1. The Kier molecular flexibility index (Phi) is 7.59. The average molecular weight is 509 g/mol. The first-order valence-electron chi connectivity index (χ1n) is 12.2. The number of fused-ring (bicyclic) bond motifs is 1. The highest BCUT2D eigenvalue weighted by molar-refractivity contribution is 6.84. The molecule has 2 aliphatic rings. The van der Waals surface area contributed by atoms with Crippen LogP contribution < -0.4 is 11.2 Å². The molecule has 10 heteroatoms. The van der Waals surface area contributed by atoms with Crippen LogP contribution in [0.4, 0.5) is 0 Å². The molecule has 0 aliphatic carbocycles. The highest BCUT2D eigenvalue weighted by Crippen LogP contribution is 2.53. The molecule has 0 radical (unpaired) electrons. The quantitative estimate of drug-likeness (QED) is 0.477. The fraction of sp³-hybridized carbons (Fsp3) is 0.750. The first-order valence-corrected chi connectivity index (χ1v) is 16.2. The van der Waals surface area contributed by atoms with Crippen LogP contribution in [0.1, 0.15) is 68.5 Å². The van der Waals surface area contributed by atoms with Crippen molar-refractivity contribution in [2.45, 2.75) is 103 Å². The fourth-order valence-corrected chi connectivity index (χ4v) is 16.8. The number of ether oxygens (including phenoxy) is 1. The lowest BCUT2D eigenvalue weighted by molar-refractivity contribution is -0.0582. The van der Waals surface area contributed by atoms with Crippen LogP contribution in [0.2, 0.25) is 22.2 Å². The minimum absolute atomic E-state index is 0.135. The summed E-state index contributed by atoms with van der Waals surface area (Å²) in [5.41, 5.74) is -1.36. The second-order valence-corrected chi connectivity index (χ2v) is 19.8. The van der Waals surface area contributed by atoms with Crippen molar-refractivity contribution >= 4 is 17.1 Å². The number of nitrogens with zero attached hydrogens (tertiary/aromatic N) is 1. The van der Waals surface area contributed by atoms with Crippen LogP contribution in [0.5, 0.6) is 0 Å².